The number of hydrogen-bond acceptors (Lipinski definition) is 7. The monoisotopic (exact) mass is 356 g/mol. The van der Waals surface area contributed by atoms with Crippen molar-refractivity contribution in [3.05, 3.63) is 0 Å². The van der Waals surface area contributed by atoms with Gasteiger partial charge in [-0.2, -0.15) is 0 Å². The number of carbonyl (C=O) groups excluding carboxylic acids is 1. The molecule has 3 aliphatic heterocycles. The first kappa shape index (κ1) is 17.7. The molecule has 1 spiro atoms. The van der Waals surface area contributed by atoms with Gasteiger partial charge in [-0.3, -0.25) is 4.79 Å². The van der Waals surface area contributed by atoms with Gasteiger partial charge in [0, 0.05) is 5.92 Å². The molecule has 7 atom stereocenters. The number of carbonyl (C=O) groups is 1. The predicted octanol–water partition coefficient (Wildman–Crippen LogP) is 1.62. The molecule has 0 aromatic heterocycles. The Balaban J connectivity index is 1.61. The summed E-state index contributed by atoms with van der Waals surface area (Å²) in [5.74, 6) is -1.92. The fourth-order valence-electron chi connectivity index (χ4n) is 4.71. The van der Waals surface area contributed by atoms with Gasteiger partial charge >= 0.3 is 5.97 Å². The zero-order chi connectivity index (χ0) is 18.2. The van der Waals surface area contributed by atoms with Crippen molar-refractivity contribution in [3.8, 4) is 0 Å². The molecule has 3 heterocycles. The van der Waals surface area contributed by atoms with Crippen LogP contribution in [-0.2, 0) is 33.2 Å². The van der Waals surface area contributed by atoms with Gasteiger partial charge in [0.15, 0.2) is 11.6 Å². The van der Waals surface area contributed by atoms with Crippen LogP contribution in [0.3, 0.4) is 0 Å². The summed E-state index contributed by atoms with van der Waals surface area (Å²) in [4.78, 5) is 12.4. The minimum Gasteiger partial charge on any atom is -0.466 e. The van der Waals surface area contributed by atoms with E-state index in [2.05, 4.69) is 0 Å². The lowest BCUT2D eigenvalue weighted by atomic mass is 10.0. The van der Waals surface area contributed by atoms with E-state index in [9.17, 15) is 4.79 Å². The molecule has 4 fully saturated rings. The van der Waals surface area contributed by atoms with Crippen molar-refractivity contribution in [3.63, 3.8) is 0 Å². The maximum Gasteiger partial charge on any atom is 0.312 e. The van der Waals surface area contributed by atoms with Gasteiger partial charge in [0.25, 0.3) is 0 Å². The highest BCUT2D eigenvalue weighted by molar-refractivity contribution is 5.79. The molecule has 3 saturated heterocycles. The SMILES string of the molecule is CCOC(=O)[C@@H]1[C@@H](C)C12O[C@H]([C@@H]1COC(C)(C)O1)[C@@H]1OC(C)(C)O[C@@H]12. The zero-order valence-corrected chi connectivity index (χ0v) is 15.7. The molecule has 0 radical (unpaired) electrons. The number of esters is 1. The van der Waals surface area contributed by atoms with Gasteiger partial charge in [-0.05, 0) is 34.6 Å². The minimum atomic E-state index is -0.721. The molecule has 7 heteroatoms. The number of hydrogen-bond donors (Lipinski definition) is 0. The van der Waals surface area contributed by atoms with Crippen LogP contribution in [-0.4, -0.2) is 60.8 Å². The van der Waals surface area contributed by atoms with Gasteiger partial charge in [0.2, 0.25) is 0 Å². The molecular weight excluding hydrogens is 328 g/mol. The van der Waals surface area contributed by atoms with Gasteiger partial charge in [-0.25, -0.2) is 0 Å². The summed E-state index contributed by atoms with van der Waals surface area (Å²) in [6.45, 7) is 12.1. The van der Waals surface area contributed by atoms with E-state index in [-0.39, 0.29) is 42.2 Å². The molecule has 0 amide bonds. The molecule has 1 saturated carbocycles. The minimum absolute atomic E-state index is 0.0110. The van der Waals surface area contributed by atoms with Crippen molar-refractivity contribution in [2.75, 3.05) is 13.2 Å². The summed E-state index contributed by atoms with van der Waals surface area (Å²) < 4.78 is 35.7. The van der Waals surface area contributed by atoms with Crippen LogP contribution in [0.1, 0.15) is 41.5 Å². The number of fused-ring (bicyclic) bond motifs is 2. The van der Waals surface area contributed by atoms with Crippen molar-refractivity contribution < 1.29 is 33.2 Å². The lowest BCUT2D eigenvalue weighted by Gasteiger charge is -2.27. The Bertz CT molecular complexity index is 574. The summed E-state index contributed by atoms with van der Waals surface area (Å²) in [6.07, 6.45) is -1.20. The van der Waals surface area contributed by atoms with E-state index in [1.807, 2.05) is 41.5 Å². The fourth-order valence-corrected chi connectivity index (χ4v) is 4.71. The highest BCUT2D eigenvalue weighted by atomic mass is 16.8. The van der Waals surface area contributed by atoms with E-state index >= 15 is 0 Å². The van der Waals surface area contributed by atoms with Gasteiger partial charge in [0.1, 0.15) is 30.0 Å². The fraction of sp³-hybridized carbons (Fsp3) is 0.944. The molecule has 1 unspecified atom stereocenters. The van der Waals surface area contributed by atoms with E-state index < -0.39 is 17.2 Å². The number of ether oxygens (including phenoxy) is 6. The van der Waals surface area contributed by atoms with Crippen LogP contribution in [0.25, 0.3) is 0 Å². The Morgan fingerprint density at radius 3 is 2.36 bits per heavy atom. The van der Waals surface area contributed by atoms with Crippen molar-refractivity contribution >= 4 is 5.97 Å². The van der Waals surface area contributed by atoms with Crippen LogP contribution >= 0.6 is 0 Å². The third-order valence-corrected chi connectivity index (χ3v) is 5.76. The van der Waals surface area contributed by atoms with Crippen molar-refractivity contribution in [1.82, 2.24) is 0 Å². The molecule has 0 aromatic carbocycles. The van der Waals surface area contributed by atoms with Gasteiger partial charge < -0.3 is 28.4 Å². The van der Waals surface area contributed by atoms with E-state index in [0.717, 1.165) is 0 Å². The van der Waals surface area contributed by atoms with E-state index in [1.165, 1.54) is 0 Å². The number of rotatable bonds is 3. The zero-order valence-electron chi connectivity index (χ0n) is 15.7. The average Bonchev–Trinajstić information content (AvgIpc) is 2.79. The molecule has 0 bridgehead atoms. The van der Waals surface area contributed by atoms with Crippen LogP contribution < -0.4 is 0 Å². The second-order valence-corrected chi connectivity index (χ2v) is 8.34. The van der Waals surface area contributed by atoms with Gasteiger partial charge in [-0.1, -0.05) is 6.92 Å². The largest absolute Gasteiger partial charge is 0.466 e. The molecule has 4 rings (SSSR count). The summed E-state index contributed by atoms with van der Waals surface area (Å²) in [6, 6.07) is 0. The molecular formula is C18H28O7. The highest BCUT2D eigenvalue weighted by Gasteiger charge is 2.81. The third-order valence-electron chi connectivity index (χ3n) is 5.76. The second kappa shape index (κ2) is 5.39. The quantitative estimate of drug-likeness (QED) is 0.712. The van der Waals surface area contributed by atoms with Gasteiger partial charge in [0.05, 0.1) is 19.1 Å². The average molecular weight is 356 g/mol. The third kappa shape index (κ3) is 2.55. The Labute approximate surface area is 148 Å². The lowest BCUT2D eigenvalue weighted by Crippen LogP contribution is -2.40. The molecule has 0 aromatic rings. The summed E-state index contributed by atoms with van der Waals surface area (Å²) in [5.41, 5.74) is -0.703. The molecule has 0 N–H and O–H groups in total. The van der Waals surface area contributed by atoms with Crippen LogP contribution in [0, 0.1) is 11.8 Å². The summed E-state index contributed by atoms with van der Waals surface area (Å²) in [7, 11) is 0. The highest BCUT2D eigenvalue weighted by Crippen LogP contribution is 2.64. The molecule has 1 aliphatic carbocycles. The molecule has 4 aliphatic rings. The Kier molecular flexibility index (Phi) is 3.81. The Morgan fingerprint density at radius 2 is 1.76 bits per heavy atom. The molecule has 7 nitrogen and oxygen atoms in total. The van der Waals surface area contributed by atoms with Crippen LogP contribution in [0.5, 0.6) is 0 Å². The molecule has 142 valence electrons. The first-order chi connectivity index (χ1) is 11.6. The Hall–Kier alpha value is -0.730. The Morgan fingerprint density at radius 1 is 1.04 bits per heavy atom. The summed E-state index contributed by atoms with van der Waals surface area (Å²) in [5, 5.41) is 0. The predicted molar refractivity (Wildman–Crippen MR) is 85.6 cm³/mol. The second-order valence-electron chi connectivity index (χ2n) is 8.34. The maximum absolute atomic E-state index is 12.4. The van der Waals surface area contributed by atoms with Crippen LogP contribution in [0.4, 0.5) is 0 Å². The van der Waals surface area contributed by atoms with Crippen molar-refractivity contribution in [2.24, 2.45) is 11.8 Å². The first-order valence-electron chi connectivity index (χ1n) is 9.13. The lowest BCUT2D eigenvalue weighted by molar-refractivity contribution is -0.215. The van der Waals surface area contributed by atoms with Crippen LogP contribution in [0.15, 0.2) is 0 Å². The van der Waals surface area contributed by atoms with Gasteiger partial charge in [-0.15, -0.1) is 0 Å². The standard InChI is InChI=1S/C18H28O7/c1-7-20-15(19)11-9(2)18(11)14-13(23-17(5,6)25-14)12(24-18)10-8-21-16(3,4)22-10/h9-14H,7-8H2,1-6H3/t9-,10+,11+,12-,13+,14+,18?/m1/s1. The summed E-state index contributed by atoms with van der Waals surface area (Å²) >= 11 is 0. The normalized spacial score (nSPS) is 49.4. The first-order valence-corrected chi connectivity index (χ1v) is 9.13. The molecule has 25 heavy (non-hydrogen) atoms. The van der Waals surface area contributed by atoms with Crippen molar-refractivity contribution in [1.29, 1.82) is 0 Å². The topological polar surface area (TPSA) is 72.5 Å². The smallest absolute Gasteiger partial charge is 0.312 e. The van der Waals surface area contributed by atoms with Crippen molar-refractivity contribution in [2.45, 2.75) is 83.1 Å². The van der Waals surface area contributed by atoms with E-state index in [1.54, 1.807) is 0 Å². The maximum atomic E-state index is 12.4. The van der Waals surface area contributed by atoms with Crippen LogP contribution in [0.2, 0.25) is 0 Å². The van der Waals surface area contributed by atoms with E-state index in [4.69, 9.17) is 28.4 Å². The van der Waals surface area contributed by atoms with E-state index in [0.29, 0.717) is 13.2 Å².